The first kappa shape index (κ1) is 14.2. The maximum atomic E-state index is 3.56. The molecular weight excluding hydrogens is 206 g/mol. The first-order valence-corrected chi connectivity index (χ1v) is 6.95. The second-order valence-corrected chi connectivity index (χ2v) is 5.37. The molecule has 0 heterocycles. The monoisotopic (exact) mass is 233 g/mol. The molecule has 1 nitrogen and oxygen atoms in total. The summed E-state index contributed by atoms with van der Waals surface area (Å²) in [6, 6.07) is 9.54. The van der Waals surface area contributed by atoms with Crippen molar-refractivity contribution in [3.05, 3.63) is 35.4 Å². The van der Waals surface area contributed by atoms with E-state index in [1.807, 2.05) is 0 Å². The van der Waals surface area contributed by atoms with E-state index in [1.165, 1.54) is 30.4 Å². The largest absolute Gasteiger partial charge is 0.310 e. The summed E-state index contributed by atoms with van der Waals surface area (Å²) in [4.78, 5) is 0. The number of nitrogens with one attached hydrogen (secondary N) is 1. The molecule has 1 atom stereocenters. The van der Waals surface area contributed by atoms with E-state index < -0.39 is 0 Å². The van der Waals surface area contributed by atoms with Crippen LogP contribution in [0.3, 0.4) is 0 Å². The van der Waals surface area contributed by atoms with Crippen LogP contribution in [0.25, 0.3) is 0 Å². The van der Waals surface area contributed by atoms with Gasteiger partial charge in [-0.05, 0) is 43.4 Å². The maximum absolute atomic E-state index is 3.56. The first-order chi connectivity index (χ1) is 8.13. The van der Waals surface area contributed by atoms with Crippen molar-refractivity contribution in [2.45, 2.75) is 53.0 Å². The van der Waals surface area contributed by atoms with Gasteiger partial charge in [0.25, 0.3) is 0 Å². The third kappa shape index (κ3) is 5.36. The summed E-state index contributed by atoms with van der Waals surface area (Å²) < 4.78 is 0. The molecular formula is C16H27N. The summed E-state index contributed by atoms with van der Waals surface area (Å²) in [5.74, 6) is 0.710. The molecule has 1 rings (SSSR count). The average molecular weight is 233 g/mol. The highest BCUT2D eigenvalue weighted by Crippen LogP contribution is 2.14. The number of hydrogen-bond acceptors (Lipinski definition) is 1. The van der Waals surface area contributed by atoms with Crippen molar-refractivity contribution < 1.29 is 0 Å². The van der Waals surface area contributed by atoms with E-state index >= 15 is 0 Å². The van der Waals surface area contributed by atoms with E-state index in [2.05, 4.69) is 57.3 Å². The topological polar surface area (TPSA) is 12.0 Å². The predicted molar refractivity (Wildman–Crippen MR) is 76.3 cm³/mol. The van der Waals surface area contributed by atoms with Crippen LogP contribution in [-0.4, -0.2) is 6.54 Å². The summed E-state index contributed by atoms with van der Waals surface area (Å²) in [6.07, 6.45) is 3.78. The van der Waals surface area contributed by atoms with E-state index in [4.69, 9.17) is 0 Å². The lowest BCUT2D eigenvalue weighted by atomic mass is 10.0. The summed E-state index contributed by atoms with van der Waals surface area (Å²) >= 11 is 0. The molecule has 1 unspecified atom stereocenters. The van der Waals surface area contributed by atoms with Crippen LogP contribution in [0.15, 0.2) is 24.3 Å². The molecule has 0 aromatic heterocycles. The summed E-state index contributed by atoms with van der Waals surface area (Å²) in [7, 11) is 0. The molecule has 17 heavy (non-hydrogen) atoms. The Bertz CT molecular complexity index is 300. The molecule has 0 spiro atoms. The van der Waals surface area contributed by atoms with Crippen molar-refractivity contribution in [1.29, 1.82) is 0 Å². The molecule has 1 aromatic rings. The van der Waals surface area contributed by atoms with Crippen molar-refractivity contribution in [3.8, 4) is 0 Å². The van der Waals surface area contributed by atoms with Crippen LogP contribution in [0.1, 0.15) is 57.7 Å². The molecule has 0 fully saturated rings. The molecule has 0 radical (unpaired) electrons. The van der Waals surface area contributed by atoms with Crippen LogP contribution in [0.4, 0.5) is 0 Å². The van der Waals surface area contributed by atoms with E-state index in [0.717, 1.165) is 6.54 Å². The fraction of sp³-hybridized carbons (Fsp3) is 0.625. The van der Waals surface area contributed by atoms with Crippen molar-refractivity contribution in [2.75, 3.05) is 6.54 Å². The number of hydrogen-bond donors (Lipinski definition) is 1. The molecule has 96 valence electrons. The predicted octanol–water partition coefficient (Wildman–Crippen LogP) is 4.34. The van der Waals surface area contributed by atoms with Gasteiger partial charge in [-0.15, -0.1) is 0 Å². The number of rotatable bonds is 7. The number of aryl methyl sites for hydroxylation is 1. The van der Waals surface area contributed by atoms with Gasteiger partial charge in [-0.3, -0.25) is 0 Å². The Kier molecular flexibility index (Phi) is 6.28. The zero-order valence-electron chi connectivity index (χ0n) is 11.8. The van der Waals surface area contributed by atoms with Gasteiger partial charge in [0.1, 0.15) is 0 Å². The quantitative estimate of drug-likeness (QED) is 0.739. The van der Waals surface area contributed by atoms with Crippen LogP contribution >= 0.6 is 0 Å². The van der Waals surface area contributed by atoms with Gasteiger partial charge in [-0.25, -0.2) is 0 Å². The maximum Gasteiger partial charge on any atom is 0.0291 e. The first-order valence-electron chi connectivity index (χ1n) is 6.95. The molecule has 0 saturated heterocycles. The minimum Gasteiger partial charge on any atom is -0.310 e. The van der Waals surface area contributed by atoms with Gasteiger partial charge in [0.05, 0.1) is 0 Å². The zero-order chi connectivity index (χ0) is 12.7. The third-order valence-electron chi connectivity index (χ3n) is 3.13. The molecule has 0 aliphatic carbocycles. The number of benzene rings is 1. The Morgan fingerprint density at radius 2 is 1.71 bits per heavy atom. The number of unbranched alkanes of at least 4 members (excludes halogenated alkanes) is 1. The smallest absolute Gasteiger partial charge is 0.0291 e. The van der Waals surface area contributed by atoms with Crippen molar-refractivity contribution in [1.82, 2.24) is 5.32 Å². The van der Waals surface area contributed by atoms with Crippen LogP contribution < -0.4 is 5.32 Å². The normalized spacial score (nSPS) is 13.0. The molecule has 0 aliphatic rings. The molecule has 1 heteroatoms. The Labute approximate surface area is 107 Å². The SMILES string of the molecule is CCCCc1ccc(C(C)NCC(C)C)cc1. The summed E-state index contributed by atoms with van der Waals surface area (Å²) in [5, 5.41) is 3.56. The van der Waals surface area contributed by atoms with Gasteiger partial charge in [0.15, 0.2) is 0 Å². The minimum absolute atomic E-state index is 0.456. The highest BCUT2D eigenvalue weighted by molar-refractivity contribution is 5.24. The Morgan fingerprint density at radius 3 is 2.24 bits per heavy atom. The van der Waals surface area contributed by atoms with Crippen LogP contribution in [0, 0.1) is 5.92 Å². The molecule has 0 saturated carbocycles. The van der Waals surface area contributed by atoms with E-state index in [-0.39, 0.29) is 0 Å². The average Bonchev–Trinajstić information content (AvgIpc) is 2.34. The van der Waals surface area contributed by atoms with E-state index in [1.54, 1.807) is 0 Å². The highest BCUT2D eigenvalue weighted by atomic mass is 14.9. The lowest BCUT2D eigenvalue weighted by Gasteiger charge is -2.16. The lowest BCUT2D eigenvalue weighted by Crippen LogP contribution is -2.23. The van der Waals surface area contributed by atoms with Crippen LogP contribution in [0.5, 0.6) is 0 Å². The fourth-order valence-corrected chi connectivity index (χ4v) is 1.88. The third-order valence-corrected chi connectivity index (χ3v) is 3.13. The molecule has 1 N–H and O–H groups in total. The Hall–Kier alpha value is -0.820. The van der Waals surface area contributed by atoms with Gasteiger partial charge in [0, 0.05) is 6.04 Å². The fourth-order valence-electron chi connectivity index (χ4n) is 1.88. The molecule has 0 aliphatic heterocycles. The molecule has 1 aromatic carbocycles. The summed E-state index contributed by atoms with van der Waals surface area (Å²) in [5.41, 5.74) is 2.86. The van der Waals surface area contributed by atoms with Crippen molar-refractivity contribution in [2.24, 2.45) is 5.92 Å². The van der Waals surface area contributed by atoms with Gasteiger partial charge in [-0.2, -0.15) is 0 Å². The highest BCUT2D eigenvalue weighted by Gasteiger charge is 2.05. The van der Waals surface area contributed by atoms with E-state index in [9.17, 15) is 0 Å². The second kappa shape index (κ2) is 7.50. The molecule has 0 bridgehead atoms. The lowest BCUT2D eigenvalue weighted by molar-refractivity contribution is 0.496. The van der Waals surface area contributed by atoms with Gasteiger partial charge in [-0.1, -0.05) is 51.5 Å². The van der Waals surface area contributed by atoms with Gasteiger partial charge in [0.2, 0.25) is 0 Å². The minimum atomic E-state index is 0.456. The zero-order valence-corrected chi connectivity index (χ0v) is 11.8. The second-order valence-electron chi connectivity index (χ2n) is 5.37. The van der Waals surface area contributed by atoms with Crippen molar-refractivity contribution in [3.63, 3.8) is 0 Å². The summed E-state index contributed by atoms with van der Waals surface area (Å²) in [6.45, 7) is 10.1. The van der Waals surface area contributed by atoms with E-state index in [0.29, 0.717) is 12.0 Å². The standard InChI is InChI=1S/C16H27N/c1-5-6-7-15-8-10-16(11-9-15)14(4)17-12-13(2)3/h8-11,13-14,17H,5-7,12H2,1-4H3. The van der Waals surface area contributed by atoms with Gasteiger partial charge < -0.3 is 5.32 Å². The van der Waals surface area contributed by atoms with Crippen LogP contribution in [-0.2, 0) is 6.42 Å². The Balaban J connectivity index is 2.48. The van der Waals surface area contributed by atoms with Crippen LogP contribution in [0.2, 0.25) is 0 Å². The Morgan fingerprint density at radius 1 is 1.06 bits per heavy atom. The molecule has 0 amide bonds. The van der Waals surface area contributed by atoms with Gasteiger partial charge >= 0.3 is 0 Å². The van der Waals surface area contributed by atoms with Crippen molar-refractivity contribution >= 4 is 0 Å².